The topological polar surface area (TPSA) is 102 Å². The molecule has 2 aliphatic rings. The number of carboxylic acid groups (broad SMARTS) is 1. The predicted molar refractivity (Wildman–Crippen MR) is 178 cm³/mol. The molecule has 3 heterocycles. The van der Waals surface area contributed by atoms with Crippen molar-refractivity contribution < 1.29 is 19.4 Å². The first-order chi connectivity index (χ1) is 22.4. The Morgan fingerprint density at radius 1 is 0.935 bits per heavy atom. The molecule has 5 aromatic rings. The number of benzene rings is 3. The smallest absolute Gasteiger partial charge is 0.407 e. The predicted octanol–water partition coefficient (Wildman–Crippen LogP) is 7.37. The van der Waals surface area contributed by atoms with Crippen LogP contribution in [0.15, 0.2) is 91.0 Å². The molecule has 1 amide bonds. The molecule has 9 heteroatoms. The van der Waals surface area contributed by atoms with Gasteiger partial charge in [-0.05, 0) is 48.4 Å². The highest BCUT2D eigenvalue weighted by molar-refractivity contribution is 6.00. The van der Waals surface area contributed by atoms with Crippen molar-refractivity contribution in [1.29, 1.82) is 0 Å². The van der Waals surface area contributed by atoms with Crippen LogP contribution in [0.2, 0.25) is 0 Å². The van der Waals surface area contributed by atoms with E-state index in [-0.39, 0.29) is 5.41 Å². The molecule has 2 fully saturated rings. The van der Waals surface area contributed by atoms with Gasteiger partial charge in [-0.25, -0.2) is 4.79 Å². The quantitative estimate of drug-likeness (QED) is 0.178. The molecule has 46 heavy (non-hydrogen) atoms. The number of likely N-dealkylation sites (tertiary alicyclic amines) is 1. The molecule has 2 atom stereocenters. The first-order valence-corrected chi connectivity index (χ1v) is 15.9. The van der Waals surface area contributed by atoms with E-state index in [1.807, 2.05) is 84.5 Å². The Morgan fingerprint density at radius 3 is 2.30 bits per heavy atom. The summed E-state index contributed by atoms with van der Waals surface area (Å²) in [4.78, 5) is 17.7. The van der Waals surface area contributed by atoms with Crippen molar-refractivity contribution in [3.8, 4) is 23.0 Å². The summed E-state index contributed by atoms with van der Waals surface area (Å²) in [5.74, 6) is 1.37. The van der Waals surface area contributed by atoms with Crippen LogP contribution >= 0.6 is 0 Å². The van der Waals surface area contributed by atoms with E-state index in [1.165, 1.54) is 4.90 Å². The third-order valence-electron chi connectivity index (χ3n) is 9.49. The van der Waals surface area contributed by atoms with Crippen LogP contribution in [-0.2, 0) is 20.3 Å². The second-order valence-corrected chi connectivity index (χ2v) is 12.8. The van der Waals surface area contributed by atoms with E-state index < -0.39 is 6.09 Å². The van der Waals surface area contributed by atoms with Crippen molar-refractivity contribution in [2.75, 3.05) is 18.4 Å². The van der Waals surface area contributed by atoms with Gasteiger partial charge < -0.3 is 24.8 Å². The second-order valence-electron chi connectivity index (χ2n) is 12.8. The van der Waals surface area contributed by atoms with E-state index >= 15 is 0 Å². The maximum absolute atomic E-state index is 11.4. The van der Waals surface area contributed by atoms with Gasteiger partial charge in [0.25, 0.3) is 0 Å². The number of anilines is 1. The van der Waals surface area contributed by atoms with Gasteiger partial charge in [-0.1, -0.05) is 79.7 Å². The maximum Gasteiger partial charge on any atom is 0.407 e. The summed E-state index contributed by atoms with van der Waals surface area (Å²) in [6, 6.07) is 30.5. The van der Waals surface area contributed by atoms with Gasteiger partial charge in [-0.2, -0.15) is 10.1 Å². The van der Waals surface area contributed by atoms with Gasteiger partial charge in [0.15, 0.2) is 0 Å². The molecule has 2 aromatic heterocycles. The zero-order chi connectivity index (χ0) is 31.7. The molecule has 236 valence electrons. The van der Waals surface area contributed by atoms with Crippen molar-refractivity contribution in [1.82, 2.24) is 19.7 Å². The molecule has 1 aliphatic carbocycles. The molecule has 0 radical (unpaired) electrons. The van der Waals surface area contributed by atoms with Gasteiger partial charge in [0.05, 0.1) is 16.8 Å². The Hall–Kier alpha value is -5.05. The number of fused-ring (bicyclic) bond motifs is 1. The molecule has 1 aliphatic heterocycles. The minimum absolute atomic E-state index is 0.127. The summed E-state index contributed by atoms with van der Waals surface area (Å²) < 4.78 is 14.4. The van der Waals surface area contributed by atoms with Crippen LogP contribution in [0, 0.1) is 11.3 Å². The Labute approximate surface area is 268 Å². The number of ether oxygens (including phenoxy) is 2. The lowest BCUT2D eigenvalue weighted by molar-refractivity contribution is -0.0307. The number of pyridine rings is 1. The highest BCUT2D eigenvalue weighted by Gasteiger charge is 2.49. The third-order valence-corrected chi connectivity index (χ3v) is 9.49. The van der Waals surface area contributed by atoms with Gasteiger partial charge in [-0.3, -0.25) is 4.68 Å². The molecular formula is C37H39N5O4. The van der Waals surface area contributed by atoms with E-state index in [1.54, 1.807) is 0 Å². The van der Waals surface area contributed by atoms with Crippen molar-refractivity contribution in [2.45, 2.75) is 45.4 Å². The lowest BCUT2D eigenvalue weighted by atomic mass is 9.64. The molecule has 0 unspecified atom stereocenters. The van der Waals surface area contributed by atoms with Gasteiger partial charge in [0, 0.05) is 43.0 Å². The van der Waals surface area contributed by atoms with Crippen LogP contribution in [-0.4, -0.2) is 50.0 Å². The monoisotopic (exact) mass is 617 g/mol. The molecular weight excluding hydrogens is 578 g/mol. The molecule has 9 nitrogen and oxygen atoms in total. The Kier molecular flexibility index (Phi) is 7.98. The van der Waals surface area contributed by atoms with E-state index in [2.05, 4.69) is 30.4 Å². The molecule has 1 saturated heterocycles. The van der Waals surface area contributed by atoms with Crippen molar-refractivity contribution in [2.24, 2.45) is 18.4 Å². The zero-order valence-corrected chi connectivity index (χ0v) is 26.2. The van der Waals surface area contributed by atoms with Crippen LogP contribution in [0.25, 0.3) is 22.2 Å². The van der Waals surface area contributed by atoms with E-state index in [9.17, 15) is 9.90 Å². The first kappa shape index (κ1) is 29.6. The maximum atomic E-state index is 11.4. The highest BCUT2D eigenvalue weighted by atomic mass is 16.5. The van der Waals surface area contributed by atoms with E-state index in [0.29, 0.717) is 50.0 Å². The second kappa shape index (κ2) is 12.4. The van der Waals surface area contributed by atoms with Crippen LogP contribution in [0.4, 0.5) is 10.5 Å². The number of amides is 1. The standard InChI is InChI=1S/C37H39N5O4/c1-25-20-37(23-42(24-37)36(43)44)19-18-30(25)38-31-15-9-14-28-33(40-41(2)34(28)31)29-16-17-32(45-21-26-10-5-3-6-11-26)39-35(29)46-22-27-12-7-4-8-13-27/h3-17,25,30,38H,18-24H2,1-2H3,(H,43,44)/t25-,30+/m1/s1. The van der Waals surface area contributed by atoms with Crippen molar-refractivity contribution in [3.63, 3.8) is 0 Å². The van der Waals surface area contributed by atoms with Crippen LogP contribution in [0.5, 0.6) is 11.8 Å². The van der Waals surface area contributed by atoms with Crippen molar-refractivity contribution in [3.05, 3.63) is 102 Å². The van der Waals surface area contributed by atoms with Crippen LogP contribution in [0.3, 0.4) is 0 Å². The van der Waals surface area contributed by atoms with E-state index in [4.69, 9.17) is 19.6 Å². The first-order valence-electron chi connectivity index (χ1n) is 15.9. The molecule has 7 rings (SSSR count). The molecule has 3 aromatic carbocycles. The van der Waals surface area contributed by atoms with Crippen molar-refractivity contribution >= 4 is 22.7 Å². The summed E-state index contributed by atoms with van der Waals surface area (Å²) in [5, 5.41) is 19.2. The number of aryl methyl sites for hydroxylation is 1. The highest BCUT2D eigenvalue weighted by Crippen LogP contribution is 2.47. The number of nitrogens with one attached hydrogen (secondary N) is 1. The number of rotatable bonds is 9. The normalized spacial score (nSPS) is 18.7. The van der Waals surface area contributed by atoms with Crippen LogP contribution in [0.1, 0.15) is 37.3 Å². The summed E-state index contributed by atoms with van der Waals surface area (Å²) >= 11 is 0. The minimum atomic E-state index is -0.810. The summed E-state index contributed by atoms with van der Waals surface area (Å²) in [6.45, 7) is 4.36. The SMILES string of the molecule is C[C@@H]1CC2(CC[C@@H]1Nc1cccc3c(-c4ccc(OCc5ccccc5)nc4OCc4ccccc4)nn(C)c13)CN(C(=O)O)C2. The fourth-order valence-electron chi connectivity index (χ4n) is 7.18. The number of para-hydroxylation sites is 1. The average molecular weight is 618 g/mol. The Bertz CT molecular complexity index is 1840. The lowest BCUT2D eigenvalue weighted by Gasteiger charge is -2.54. The number of nitrogens with zero attached hydrogens (tertiary/aromatic N) is 4. The summed E-state index contributed by atoms with van der Waals surface area (Å²) in [6.07, 6.45) is 2.24. The molecule has 2 N–H and O–H groups in total. The summed E-state index contributed by atoms with van der Waals surface area (Å²) in [5.41, 5.74) is 5.88. The van der Waals surface area contributed by atoms with E-state index in [0.717, 1.165) is 58.2 Å². The fourth-order valence-corrected chi connectivity index (χ4v) is 7.18. The summed E-state index contributed by atoms with van der Waals surface area (Å²) in [7, 11) is 1.97. The molecule has 0 bridgehead atoms. The molecule has 1 spiro atoms. The lowest BCUT2D eigenvalue weighted by Crippen LogP contribution is -2.61. The van der Waals surface area contributed by atoms with Gasteiger partial charge >= 0.3 is 6.09 Å². The third kappa shape index (κ3) is 5.97. The van der Waals surface area contributed by atoms with Gasteiger partial charge in [0.1, 0.15) is 18.9 Å². The number of hydrogen-bond donors (Lipinski definition) is 2. The van der Waals surface area contributed by atoms with Gasteiger partial charge in [0.2, 0.25) is 11.8 Å². The van der Waals surface area contributed by atoms with Crippen LogP contribution < -0.4 is 14.8 Å². The molecule has 1 saturated carbocycles. The Morgan fingerprint density at radius 2 is 1.63 bits per heavy atom. The largest absolute Gasteiger partial charge is 0.473 e. The zero-order valence-electron chi connectivity index (χ0n) is 26.2. The number of aromatic nitrogens is 3. The average Bonchev–Trinajstić information content (AvgIpc) is 3.40. The Balaban J connectivity index is 1.15. The van der Waals surface area contributed by atoms with Gasteiger partial charge in [-0.15, -0.1) is 0 Å². The number of hydrogen-bond acceptors (Lipinski definition) is 6. The fraction of sp³-hybridized carbons (Fsp3) is 0.324. The minimum Gasteiger partial charge on any atom is -0.473 e. The number of carbonyl (C=O) groups is 1.